The molecule has 24 heavy (non-hydrogen) atoms. The molecule has 0 aliphatic heterocycles. The van der Waals surface area contributed by atoms with Gasteiger partial charge in [-0.05, 0) is 44.0 Å². The molecule has 1 amide bonds. The molecule has 0 spiro atoms. The average molecular weight is 327 g/mol. The molecule has 0 saturated carbocycles. The molecule has 1 aromatic carbocycles. The molecule has 5 heteroatoms. The predicted octanol–water partition coefficient (Wildman–Crippen LogP) is 3.23. The van der Waals surface area contributed by atoms with Crippen LogP contribution in [0.5, 0.6) is 5.75 Å². The van der Waals surface area contributed by atoms with Crippen molar-refractivity contribution in [1.29, 1.82) is 0 Å². The maximum atomic E-state index is 12.4. The second kappa shape index (κ2) is 8.91. The first kappa shape index (κ1) is 17.8. The number of carbonyl (C=O) groups is 1. The van der Waals surface area contributed by atoms with Crippen LogP contribution in [0.25, 0.3) is 0 Å². The number of pyridine rings is 1. The van der Waals surface area contributed by atoms with E-state index in [4.69, 9.17) is 4.74 Å². The van der Waals surface area contributed by atoms with Crippen LogP contribution in [0.1, 0.15) is 29.8 Å². The highest BCUT2D eigenvalue weighted by molar-refractivity contribution is 5.94. The van der Waals surface area contributed by atoms with E-state index >= 15 is 0 Å². The van der Waals surface area contributed by atoms with Crippen molar-refractivity contribution in [3.05, 3.63) is 53.7 Å². The summed E-state index contributed by atoms with van der Waals surface area (Å²) in [5.41, 5.74) is 1.80. The zero-order valence-electron chi connectivity index (χ0n) is 14.6. The Morgan fingerprint density at radius 3 is 2.67 bits per heavy atom. The van der Waals surface area contributed by atoms with Gasteiger partial charge in [0.2, 0.25) is 0 Å². The summed E-state index contributed by atoms with van der Waals surface area (Å²) in [6.45, 7) is 6.09. The largest absolute Gasteiger partial charge is 0.496 e. The van der Waals surface area contributed by atoms with Gasteiger partial charge in [-0.3, -0.25) is 4.79 Å². The number of nitrogens with zero attached hydrogens (tertiary/aromatic N) is 2. The minimum absolute atomic E-state index is 0.0372. The Labute approximate surface area is 143 Å². The van der Waals surface area contributed by atoms with Gasteiger partial charge in [0.15, 0.2) is 0 Å². The average Bonchev–Trinajstić information content (AvgIpc) is 2.63. The van der Waals surface area contributed by atoms with Crippen LogP contribution < -0.4 is 10.1 Å². The van der Waals surface area contributed by atoms with Crippen LogP contribution in [-0.4, -0.2) is 42.5 Å². The number of rotatable bonds is 8. The van der Waals surface area contributed by atoms with E-state index in [1.165, 1.54) is 0 Å². The third kappa shape index (κ3) is 4.47. The molecule has 5 nitrogen and oxygen atoms in total. The molecule has 128 valence electrons. The second-order valence-electron chi connectivity index (χ2n) is 5.40. The van der Waals surface area contributed by atoms with Crippen LogP contribution in [0.3, 0.4) is 0 Å². The molecular weight excluding hydrogens is 302 g/mol. The van der Waals surface area contributed by atoms with Crippen molar-refractivity contribution in [3.8, 4) is 5.75 Å². The molecule has 0 saturated heterocycles. The van der Waals surface area contributed by atoms with Crippen LogP contribution in [-0.2, 0) is 6.42 Å². The van der Waals surface area contributed by atoms with Crippen LogP contribution in [0.15, 0.2) is 42.6 Å². The Morgan fingerprint density at radius 1 is 1.21 bits per heavy atom. The molecule has 0 bridgehead atoms. The molecule has 0 radical (unpaired) electrons. The van der Waals surface area contributed by atoms with E-state index in [1.807, 2.05) is 44.2 Å². The molecule has 2 aromatic rings. The molecule has 0 aliphatic rings. The zero-order valence-corrected chi connectivity index (χ0v) is 14.6. The van der Waals surface area contributed by atoms with Crippen molar-refractivity contribution in [1.82, 2.24) is 9.88 Å². The Balaban J connectivity index is 1.98. The molecule has 0 aliphatic carbocycles. The smallest absolute Gasteiger partial charge is 0.254 e. The number of aromatic nitrogens is 1. The number of methoxy groups -OCH3 is 1. The van der Waals surface area contributed by atoms with Crippen LogP contribution in [0, 0.1) is 0 Å². The highest BCUT2D eigenvalue weighted by Crippen LogP contribution is 2.18. The molecule has 1 heterocycles. The Morgan fingerprint density at radius 2 is 1.96 bits per heavy atom. The van der Waals surface area contributed by atoms with Crippen molar-refractivity contribution in [2.45, 2.75) is 20.3 Å². The van der Waals surface area contributed by atoms with Gasteiger partial charge in [-0.25, -0.2) is 4.98 Å². The van der Waals surface area contributed by atoms with Gasteiger partial charge in [-0.2, -0.15) is 0 Å². The lowest BCUT2D eigenvalue weighted by atomic mass is 10.1. The minimum Gasteiger partial charge on any atom is -0.496 e. The molecule has 0 fully saturated rings. The summed E-state index contributed by atoms with van der Waals surface area (Å²) in [6, 6.07) is 11.5. The molecule has 1 N–H and O–H groups in total. The second-order valence-corrected chi connectivity index (χ2v) is 5.40. The highest BCUT2D eigenvalue weighted by Gasteiger charge is 2.13. The van der Waals surface area contributed by atoms with Gasteiger partial charge < -0.3 is 15.0 Å². The van der Waals surface area contributed by atoms with E-state index in [9.17, 15) is 4.79 Å². The topological polar surface area (TPSA) is 54.5 Å². The number of amides is 1. The molecule has 0 atom stereocenters. The third-order valence-corrected chi connectivity index (χ3v) is 3.95. The van der Waals surface area contributed by atoms with Gasteiger partial charge in [0.25, 0.3) is 5.91 Å². The van der Waals surface area contributed by atoms with Gasteiger partial charge in [0.1, 0.15) is 11.6 Å². The standard InChI is InChI=1S/C19H25N3O2/c1-4-22(5-2)19(23)16-11-13-21-18(14-16)20-12-10-15-8-6-7-9-17(15)24-3/h6-9,11,13-14H,4-5,10,12H2,1-3H3,(H,20,21). The zero-order chi connectivity index (χ0) is 17.4. The van der Waals surface area contributed by atoms with Gasteiger partial charge >= 0.3 is 0 Å². The summed E-state index contributed by atoms with van der Waals surface area (Å²) in [6.07, 6.45) is 2.49. The number of ether oxygens (including phenoxy) is 1. The van der Waals surface area contributed by atoms with E-state index in [0.29, 0.717) is 24.5 Å². The first-order chi connectivity index (χ1) is 11.7. The number of hydrogen-bond acceptors (Lipinski definition) is 4. The number of benzene rings is 1. The summed E-state index contributed by atoms with van der Waals surface area (Å²) in [7, 11) is 1.68. The number of para-hydroxylation sites is 1. The molecular formula is C19H25N3O2. The van der Waals surface area contributed by atoms with Crippen molar-refractivity contribution in [2.75, 3.05) is 32.1 Å². The van der Waals surface area contributed by atoms with E-state index < -0.39 is 0 Å². The number of carbonyl (C=O) groups excluding carboxylic acids is 1. The van der Waals surface area contributed by atoms with Crippen molar-refractivity contribution in [2.24, 2.45) is 0 Å². The fourth-order valence-corrected chi connectivity index (χ4v) is 2.59. The summed E-state index contributed by atoms with van der Waals surface area (Å²) in [4.78, 5) is 18.5. The normalized spacial score (nSPS) is 10.3. The lowest BCUT2D eigenvalue weighted by Crippen LogP contribution is -2.30. The Hall–Kier alpha value is -2.56. The Kier molecular flexibility index (Phi) is 6.61. The molecule has 1 aromatic heterocycles. The summed E-state index contributed by atoms with van der Waals surface area (Å²) in [5, 5.41) is 3.28. The maximum absolute atomic E-state index is 12.4. The van der Waals surface area contributed by atoms with Crippen molar-refractivity contribution < 1.29 is 9.53 Å². The van der Waals surface area contributed by atoms with Gasteiger partial charge in [0, 0.05) is 31.4 Å². The van der Waals surface area contributed by atoms with Crippen LogP contribution in [0.4, 0.5) is 5.82 Å². The predicted molar refractivity (Wildman–Crippen MR) is 96.7 cm³/mol. The summed E-state index contributed by atoms with van der Waals surface area (Å²) in [5.74, 6) is 1.64. The number of anilines is 1. The van der Waals surface area contributed by atoms with Crippen LogP contribution >= 0.6 is 0 Å². The number of nitrogens with one attached hydrogen (secondary N) is 1. The van der Waals surface area contributed by atoms with Crippen molar-refractivity contribution >= 4 is 11.7 Å². The van der Waals surface area contributed by atoms with E-state index in [2.05, 4.69) is 10.3 Å². The lowest BCUT2D eigenvalue weighted by Gasteiger charge is -2.18. The van der Waals surface area contributed by atoms with Crippen molar-refractivity contribution in [3.63, 3.8) is 0 Å². The Bertz CT molecular complexity index is 669. The van der Waals surface area contributed by atoms with E-state index in [1.54, 1.807) is 24.3 Å². The fraction of sp³-hybridized carbons (Fsp3) is 0.368. The van der Waals surface area contributed by atoms with Crippen LogP contribution in [0.2, 0.25) is 0 Å². The quantitative estimate of drug-likeness (QED) is 0.809. The third-order valence-electron chi connectivity index (χ3n) is 3.95. The van der Waals surface area contributed by atoms with E-state index in [-0.39, 0.29) is 5.91 Å². The molecule has 0 unspecified atom stereocenters. The monoisotopic (exact) mass is 327 g/mol. The minimum atomic E-state index is 0.0372. The number of hydrogen-bond donors (Lipinski definition) is 1. The van der Waals surface area contributed by atoms with Gasteiger partial charge in [-0.15, -0.1) is 0 Å². The highest BCUT2D eigenvalue weighted by atomic mass is 16.5. The van der Waals surface area contributed by atoms with Gasteiger partial charge in [0.05, 0.1) is 7.11 Å². The maximum Gasteiger partial charge on any atom is 0.254 e. The summed E-state index contributed by atoms with van der Waals surface area (Å²) >= 11 is 0. The molecule has 2 rings (SSSR count). The van der Waals surface area contributed by atoms with E-state index in [0.717, 1.165) is 24.3 Å². The first-order valence-corrected chi connectivity index (χ1v) is 8.30. The summed E-state index contributed by atoms with van der Waals surface area (Å²) < 4.78 is 5.36. The van der Waals surface area contributed by atoms with Gasteiger partial charge in [-0.1, -0.05) is 18.2 Å². The first-order valence-electron chi connectivity index (χ1n) is 8.30. The SMILES string of the molecule is CCN(CC)C(=O)c1ccnc(NCCc2ccccc2OC)c1. The lowest BCUT2D eigenvalue weighted by molar-refractivity contribution is 0.0773. The fourth-order valence-electron chi connectivity index (χ4n) is 2.59.